The Morgan fingerprint density at radius 3 is 2.64 bits per heavy atom. The molecule has 33 heavy (non-hydrogen) atoms. The summed E-state index contributed by atoms with van der Waals surface area (Å²) in [6.07, 6.45) is 1.65. The maximum absolute atomic E-state index is 13.3. The minimum absolute atomic E-state index is 0.139. The predicted molar refractivity (Wildman–Crippen MR) is 124 cm³/mol. The molecule has 0 atom stereocenters. The van der Waals surface area contributed by atoms with Gasteiger partial charge in [0.05, 0.1) is 6.54 Å². The van der Waals surface area contributed by atoms with E-state index in [-0.39, 0.29) is 12.4 Å². The summed E-state index contributed by atoms with van der Waals surface area (Å²) >= 11 is 12.1. The molecule has 2 aromatic carbocycles. The number of ether oxygens (including phenoxy) is 1. The minimum Gasteiger partial charge on any atom is -0.471 e. The van der Waals surface area contributed by atoms with Crippen LogP contribution in [0.5, 0.6) is 5.75 Å². The Bertz CT molecular complexity index is 1320. The third-order valence-electron chi connectivity index (χ3n) is 4.92. The normalized spacial score (nSPS) is 10.9. The van der Waals surface area contributed by atoms with E-state index in [4.69, 9.17) is 27.9 Å². The lowest BCUT2D eigenvalue weighted by Crippen LogP contribution is -2.15. The first-order valence-corrected chi connectivity index (χ1v) is 10.8. The number of nitrogens with zero attached hydrogens (tertiary/aromatic N) is 4. The van der Waals surface area contributed by atoms with Crippen LogP contribution in [0.2, 0.25) is 10.0 Å². The summed E-state index contributed by atoms with van der Waals surface area (Å²) in [4.78, 5) is 12.6. The van der Waals surface area contributed by atoms with E-state index in [1.165, 1.54) is 16.8 Å². The molecule has 7 nitrogen and oxygen atoms in total. The number of hydrogen-bond donors (Lipinski definition) is 1. The van der Waals surface area contributed by atoms with E-state index in [9.17, 15) is 9.18 Å². The number of rotatable bonds is 7. The molecule has 0 saturated heterocycles. The van der Waals surface area contributed by atoms with Crippen molar-refractivity contribution in [2.75, 3.05) is 5.32 Å². The molecular weight excluding hydrogens is 468 g/mol. The Kier molecular flexibility index (Phi) is 6.67. The van der Waals surface area contributed by atoms with Crippen molar-refractivity contribution in [3.8, 4) is 5.75 Å². The van der Waals surface area contributed by atoms with Gasteiger partial charge in [0.15, 0.2) is 18.2 Å². The van der Waals surface area contributed by atoms with E-state index >= 15 is 0 Å². The summed E-state index contributed by atoms with van der Waals surface area (Å²) < 4.78 is 22.1. The number of benzene rings is 2. The van der Waals surface area contributed by atoms with Crippen molar-refractivity contribution in [2.45, 2.75) is 27.1 Å². The zero-order valence-corrected chi connectivity index (χ0v) is 19.4. The summed E-state index contributed by atoms with van der Waals surface area (Å²) in [7, 11) is 0. The lowest BCUT2D eigenvalue weighted by Gasteiger charge is -2.07. The van der Waals surface area contributed by atoms with Gasteiger partial charge in [0, 0.05) is 28.0 Å². The average molecular weight is 488 g/mol. The molecule has 10 heteroatoms. The van der Waals surface area contributed by atoms with E-state index < -0.39 is 11.7 Å². The molecule has 1 N–H and O–H groups in total. The largest absolute Gasteiger partial charge is 0.471 e. The van der Waals surface area contributed by atoms with Gasteiger partial charge in [0.1, 0.15) is 11.6 Å². The van der Waals surface area contributed by atoms with Gasteiger partial charge in [-0.05, 0) is 61.4 Å². The monoisotopic (exact) mass is 487 g/mol. The van der Waals surface area contributed by atoms with E-state index in [2.05, 4.69) is 15.5 Å². The van der Waals surface area contributed by atoms with E-state index in [0.717, 1.165) is 16.8 Å². The van der Waals surface area contributed by atoms with Crippen molar-refractivity contribution in [1.82, 2.24) is 19.6 Å². The summed E-state index contributed by atoms with van der Waals surface area (Å²) in [5.41, 5.74) is 2.66. The summed E-state index contributed by atoms with van der Waals surface area (Å²) in [5.74, 6) is 0.224. The van der Waals surface area contributed by atoms with Crippen LogP contribution in [0.25, 0.3) is 0 Å². The molecule has 2 aromatic heterocycles. The Balaban J connectivity index is 1.38. The number of amides is 1. The van der Waals surface area contributed by atoms with Gasteiger partial charge in [0.25, 0.3) is 5.91 Å². The van der Waals surface area contributed by atoms with Crippen molar-refractivity contribution in [3.63, 3.8) is 0 Å². The zero-order valence-electron chi connectivity index (χ0n) is 17.8. The fourth-order valence-electron chi connectivity index (χ4n) is 3.13. The second kappa shape index (κ2) is 9.64. The molecule has 0 bridgehead atoms. The van der Waals surface area contributed by atoms with Crippen LogP contribution in [0.3, 0.4) is 0 Å². The number of nitrogens with one attached hydrogen (secondary N) is 1. The fourth-order valence-corrected chi connectivity index (χ4v) is 3.47. The number of carbonyl (C=O) groups excluding carboxylic acids is 1. The summed E-state index contributed by atoms with van der Waals surface area (Å²) in [5, 5.41) is 12.4. The molecule has 0 aliphatic heterocycles. The second-order valence-electron chi connectivity index (χ2n) is 7.44. The summed E-state index contributed by atoms with van der Waals surface area (Å²) in [6.45, 7) is 4.23. The lowest BCUT2D eigenvalue weighted by molar-refractivity contribution is 0.101. The van der Waals surface area contributed by atoms with Crippen LogP contribution in [0, 0.1) is 19.7 Å². The second-order valence-corrected chi connectivity index (χ2v) is 8.26. The Hall–Kier alpha value is -3.36. The van der Waals surface area contributed by atoms with Crippen molar-refractivity contribution >= 4 is 34.9 Å². The SMILES string of the molecule is Cc1cc(OCn2ccc(C(=O)Nc3cc(C)n(Cc4ccc(F)cc4Cl)n3)n2)ccc1Cl. The van der Waals surface area contributed by atoms with Gasteiger partial charge in [-0.2, -0.15) is 10.2 Å². The molecule has 0 radical (unpaired) electrons. The fraction of sp³-hybridized carbons (Fsp3) is 0.174. The zero-order chi connectivity index (χ0) is 23.5. The smallest absolute Gasteiger partial charge is 0.277 e. The highest BCUT2D eigenvalue weighted by Gasteiger charge is 2.14. The first-order valence-electron chi connectivity index (χ1n) is 10.0. The number of anilines is 1. The third-order valence-corrected chi connectivity index (χ3v) is 5.70. The first kappa shape index (κ1) is 22.8. The molecule has 0 fully saturated rings. The van der Waals surface area contributed by atoms with Gasteiger partial charge in [-0.25, -0.2) is 9.07 Å². The maximum Gasteiger partial charge on any atom is 0.277 e. The molecule has 0 aliphatic rings. The average Bonchev–Trinajstić information content (AvgIpc) is 3.37. The minimum atomic E-state index is -0.402. The maximum atomic E-state index is 13.3. The van der Waals surface area contributed by atoms with Crippen LogP contribution in [0.4, 0.5) is 10.2 Å². The van der Waals surface area contributed by atoms with E-state index in [0.29, 0.717) is 28.2 Å². The van der Waals surface area contributed by atoms with Crippen LogP contribution in [0.1, 0.15) is 27.3 Å². The number of aromatic nitrogens is 4. The Morgan fingerprint density at radius 1 is 1.06 bits per heavy atom. The molecule has 0 saturated carbocycles. The molecule has 2 heterocycles. The Labute approximate surface area is 199 Å². The van der Waals surface area contributed by atoms with E-state index in [1.54, 1.807) is 41.2 Å². The highest BCUT2D eigenvalue weighted by molar-refractivity contribution is 6.31. The first-order chi connectivity index (χ1) is 15.8. The molecule has 0 spiro atoms. The molecular formula is C23H20Cl2FN5O2. The number of carbonyl (C=O) groups is 1. The molecule has 170 valence electrons. The predicted octanol–water partition coefficient (Wildman–Crippen LogP) is 5.48. The third kappa shape index (κ3) is 5.53. The Morgan fingerprint density at radius 2 is 1.88 bits per heavy atom. The van der Waals surface area contributed by atoms with Crippen LogP contribution in [-0.4, -0.2) is 25.5 Å². The topological polar surface area (TPSA) is 74.0 Å². The van der Waals surface area contributed by atoms with Crippen molar-refractivity contribution in [3.05, 3.63) is 93.1 Å². The highest BCUT2D eigenvalue weighted by Crippen LogP contribution is 2.22. The number of hydrogen-bond acceptors (Lipinski definition) is 4. The van der Waals surface area contributed by atoms with Gasteiger partial charge in [-0.3, -0.25) is 9.48 Å². The molecule has 4 aromatic rings. The standard InChI is InChI=1S/C23H20Cl2FN5O2/c1-14-9-18(5-6-19(14)24)33-13-30-8-7-21(28-30)23(32)27-22-10-15(2)31(29-22)12-16-3-4-17(26)11-20(16)25/h3-11H,12-13H2,1-2H3,(H,27,29,32). The van der Waals surface area contributed by atoms with Crippen molar-refractivity contribution in [1.29, 1.82) is 0 Å². The van der Waals surface area contributed by atoms with Crippen LogP contribution < -0.4 is 10.1 Å². The van der Waals surface area contributed by atoms with Crippen molar-refractivity contribution < 1.29 is 13.9 Å². The van der Waals surface area contributed by atoms with Crippen LogP contribution >= 0.6 is 23.2 Å². The molecule has 1 amide bonds. The van der Waals surface area contributed by atoms with Gasteiger partial charge in [-0.15, -0.1) is 0 Å². The summed E-state index contributed by atoms with van der Waals surface area (Å²) in [6, 6.07) is 12.9. The van der Waals surface area contributed by atoms with Gasteiger partial charge < -0.3 is 10.1 Å². The van der Waals surface area contributed by atoms with Crippen molar-refractivity contribution in [2.24, 2.45) is 0 Å². The highest BCUT2D eigenvalue weighted by atomic mass is 35.5. The molecule has 0 unspecified atom stereocenters. The molecule has 0 aliphatic carbocycles. The van der Waals surface area contributed by atoms with Gasteiger partial charge >= 0.3 is 0 Å². The van der Waals surface area contributed by atoms with Crippen LogP contribution in [-0.2, 0) is 13.3 Å². The van der Waals surface area contributed by atoms with Gasteiger partial charge in [-0.1, -0.05) is 29.3 Å². The number of halogens is 3. The quantitative estimate of drug-likeness (QED) is 0.374. The van der Waals surface area contributed by atoms with E-state index in [1.807, 2.05) is 19.9 Å². The molecule has 4 rings (SSSR count). The number of aryl methyl sites for hydroxylation is 2. The van der Waals surface area contributed by atoms with Crippen LogP contribution in [0.15, 0.2) is 54.7 Å². The van der Waals surface area contributed by atoms with Gasteiger partial charge in [0.2, 0.25) is 0 Å². The lowest BCUT2D eigenvalue weighted by atomic mass is 10.2.